The fourth-order valence-corrected chi connectivity index (χ4v) is 4.29. The van der Waals surface area contributed by atoms with E-state index in [2.05, 4.69) is 102 Å². The quantitative estimate of drug-likeness (QED) is 0.188. The van der Waals surface area contributed by atoms with Gasteiger partial charge in [-0.3, -0.25) is 9.59 Å². The summed E-state index contributed by atoms with van der Waals surface area (Å²) in [6, 6.07) is 12.7. The standard InChI is InChI=1S/2C17H25NO.CH4.2ClH.Fe/c2*1-11(2)15-8-7-9-16(12(3)4)17(15)18-13(5)10-14(6)19;;;;/h2*7-12H,1-6H3,(H,18,19);1H4;2*1H;/q;;;;;+2/p-4. The third-order valence-electron chi connectivity index (χ3n) is 6.09. The average molecular weight is 660 g/mol. The van der Waals surface area contributed by atoms with Gasteiger partial charge in [-0.05, 0) is 49.7 Å². The van der Waals surface area contributed by atoms with Crippen molar-refractivity contribution < 1.29 is 22.7 Å². The summed E-state index contributed by atoms with van der Waals surface area (Å²) in [5.74, 6) is 1.75. The van der Waals surface area contributed by atoms with Crippen LogP contribution in [0.4, 0.5) is 11.4 Å². The summed E-state index contributed by atoms with van der Waals surface area (Å²) in [5.41, 5.74) is 8.55. The van der Waals surface area contributed by atoms with Crippen LogP contribution < -0.4 is 0 Å². The Morgan fingerprint density at radius 2 is 0.810 bits per heavy atom. The van der Waals surface area contributed by atoms with Gasteiger partial charge < -0.3 is 10.6 Å². The molecule has 0 heterocycles. The van der Waals surface area contributed by atoms with Crippen molar-refractivity contribution in [2.24, 2.45) is 0 Å². The van der Waals surface area contributed by atoms with E-state index in [9.17, 15) is 9.59 Å². The van der Waals surface area contributed by atoms with Gasteiger partial charge in [0.1, 0.15) is 0 Å². The first-order chi connectivity index (χ1) is 19.1. The molecule has 0 saturated carbocycles. The number of ketones is 2. The van der Waals surface area contributed by atoms with Crippen molar-refractivity contribution in [3.05, 3.63) is 92.8 Å². The first-order valence-electron chi connectivity index (χ1n) is 14.0. The number of carbonyl (C=O) groups is 2. The molecule has 4 nitrogen and oxygen atoms in total. The Morgan fingerprint density at radius 3 is 0.976 bits per heavy atom. The van der Waals surface area contributed by atoms with Gasteiger partial charge in [0.25, 0.3) is 0 Å². The molecule has 0 fully saturated rings. The fourth-order valence-electron chi connectivity index (χ4n) is 4.29. The van der Waals surface area contributed by atoms with Crippen molar-refractivity contribution in [3.8, 4) is 0 Å². The number of hydrogen-bond donors (Lipinski definition) is 0. The zero-order valence-electron chi connectivity index (χ0n) is 26.7. The van der Waals surface area contributed by atoms with Gasteiger partial charge in [-0.2, -0.15) is 11.4 Å². The van der Waals surface area contributed by atoms with Crippen molar-refractivity contribution >= 4 is 43.1 Å². The molecular weight excluding hydrogens is 607 g/mol. The number of para-hydroxylation sites is 2. The van der Waals surface area contributed by atoms with Crippen molar-refractivity contribution in [1.82, 2.24) is 0 Å². The van der Waals surface area contributed by atoms with Gasteiger partial charge in [-0.1, -0.05) is 135 Å². The van der Waals surface area contributed by atoms with E-state index in [1.165, 1.54) is 22.3 Å². The SMILES string of the molecule is C.CC(=O)C=C(C)[N-]c1c(C(C)C)cccc1C(C)C.CC(=O)C=C(C)[N-]c1c(C(C)C)cccc1C(C)C.[Cl][Fe][Cl]. The van der Waals surface area contributed by atoms with Crippen LogP contribution in [0.5, 0.6) is 0 Å². The monoisotopic (exact) mass is 658 g/mol. The summed E-state index contributed by atoms with van der Waals surface area (Å²) >= 11 is 0.194. The third kappa shape index (κ3) is 15.4. The molecule has 0 amide bonds. The van der Waals surface area contributed by atoms with Gasteiger partial charge in [0, 0.05) is 0 Å². The fraction of sp³-hybridized carbons (Fsp3) is 0.486. The maximum absolute atomic E-state index is 11.1. The van der Waals surface area contributed by atoms with E-state index in [0.29, 0.717) is 23.7 Å². The average Bonchev–Trinajstić information content (AvgIpc) is 2.83. The molecule has 0 atom stereocenters. The van der Waals surface area contributed by atoms with Gasteiger partial charge in [0.15, 0.2) is 11.6 Å². The third-order valence-corrected chi connectivity index (χ3v) is 6.09. The van der Waals surface area contributed by atoms with E-state index in [1.807, 2.05) is 13.8 Å². The second-order valence-corrected chi connectivity index (χ2v) is 13.1. The minimum absolute atomic E-state index is 0. The first kappa shape index (κ1) is 42.1. The van der Waals surface area contributed by atoms with Crippen molar-refractivity contribution in [1.29, 1.82) is 0 Å². The Balaban J connectivity index is 0. The van der Waals surface area contributed by atoms with E-state index < -0.39 is 0 Å². The summed E-state index contributed by atoms with van der Waals surface area (Å²) in [6.45, 7) is 24.2. The molecule has 2 rings (SSSR count). The van der Waals surface area contributed by atoms with Gasteiger partial charge in [0.05, 0.1) is 0 Å². The number of nitrogens with zero attached hydrogens (tertiary/aromatic N) is 2. The normalized spacial score (nSPS) is 11.5. The summed E-state index contributed by atoms with van der Waals surface area (Å²) in [4.78, 5) is 22.3. The van der Waals surface area contributed by atoms with E-state index in [-0.39, 0.29) is 32.1 Å². The van der Waals surface area contributed by atoms with Crippen molar-refractivity contribution in [2.75, 3.05) is 0 Å². The van der Waals surface area contributed by atoms with Gasteiger partial charge in [0.2, 0.25) is 0 Å². The molecule has 0 N–H and O–H groups in total. The number of carbonyl (C=O) groups excluding carboxylic acids is 2. The van der Waals surface area contributed by atoms with Crippen LogP contribution in [0.2, 0.25) is 0 Å². The van der Waals surface area contributed by atoms with E-state index >= 15 is 0 Å². The number of hydrogen-bond acceptors (Lipinski definition) is 2. The molecule has 2 aromatic carbocycles. The molecule has 0 aliphatic rings. The second-order valence-electron chi connectivity index (χ2n) is 11.3. The van der Waals surface area contributed by atoms with Crippen LogP contribution in [0.25, 0.3) is 10.6 Å². The molecule has 0 aliphatic carbocycles. The van der Waals surface area contributed by atoms with E-state index in [4.69, 9.17) is 20.2 Å². The van der Waals surface area contributed by atoms with Gasteiger partial charge >= 0.3 is 33.3 Å². The van der Waals surface area contributed by atoms with Crippen LogP contribution in [0.15, 0.2) is 59.9 Å². The molecule has 42 heavy (non-hydrogen) atoms. The summed E-state index contributed by atoms with van der Waals surface area (Å²) in [6.07, 6.45) is 3.17. The Morgan fingerprint density at radius 1 is 0.595 bits per heavy atom. The number of rotatable bonds is 10. The van der Waals surface area contributed by atoms with Crippen molar-refractivity contribution in [3.63, 3.8) is 0 Å². The predicted molar refractivity (Wildman–Crippen MR) is 183 cm³/mol. The summed E-state index contributed by atoms with van der Waals surface area (Å²) in [7, 11) is 9.53. The van der Waals surface area contributed by atoms with Gasteiger partial charge in [-0.15, -0.1) is 11.4 Å². The molecule has 0 aliphatic heterocycles. The zero-order valence-corrected chi connectivity index (χ0v) is 29.4. The molecule has 0 saturated heterocycles. The Bertz CT molecular complexity index is 1040. The van der Waals surface area contributed by atoms with Gasteiger partial charge in [-0.25, -0.2) is 0 Å². The Labute approximate surface area is 271 Å². The molecule has 7 heteroatoms. The Kier molecular flexibility index (Phi) is 21.7. The van der Waals surface area contributed by atoms with Crippen molar-refractivity contribution in [2.45, 2.75) is 114 Å². The summed E-state index contributed by atoms with van der Waals surface area (Å²) in [5, 5.41) is 9.36. The molecule has 0 unspecified atom stereocenters. The van der Waals surface area contributed by atoms with Crippen LogP contribution in [-0.2, 0) is 22.7 Å². The van der Waals surface area contributed by atoms with Crippen LogP contribution >= 0.6 is 20.2 Å². The van der Waals surface area contributed by atoms with Crippen LogP contribution in [0.1, 0.15) is 136 Å². The van der Waals surface area contributed by atoms with E-state index in [0.717, 1.165) is 22.8 Å². The number of halogens is 2. The zero-order chi connectivity index (χ0) is 31.9. The van der Waals surface area contributed by atoms with E-state index in [1.54, 1.807) is 26.0 Å². The molecule has 0 bridgehead atoms. The molecular formula is C35H52Cl2FeN2O2-2. The predicted octanol–water partition coefficient (Wildman–Crippen LogP) is 12.9. The van der Waals surface area contributed by atoms with Crippen LogP contribution in [0, 0.1) is 0 Å². The molecule has 238 valence electrons. The maximum atomic E-state index is 11.1. The van der Waals surface area contributed by atoms with Crippen LogP contribution in [-0.4, -0.2) is 11.6 Å². The minimum atomic E-state index is 0. The number of benzene rings is 2. The topological polar surface area (TPSA) is 62.3 Å². The molecule has 0 radical (unpaired) electrons. The molecule has 0 aromatic heterocycles. The number of allylic oxidation sites excluding steroid dienone is 4. The second kappa shape index (κ2) is 21.6. The molecule has 0 spiro atoms. The molecule has 2 aromatic rings. The first-order valence-corrected chi connectivity index (χ1v) is 17.0. The van der Waals surface area contributed by atoms with Crippen LogP contribution in [0.3, 0.4) is 0 Å². The summed E-state index contributed by atoms with van der Waals surface area (Å²) < 4.78 is 0. The Hall–Kier alpha value is -2.04.